The van der Waals surface area contributed by atoms with Crippen molar-refractivity contribution in [3.63, 3.8) is 0 Å². The van der Waals surface area contributed by atoms with Gasteiger partial charge < -0.3 is 10.2 Å². The van der Waals surface area contributed by atoms with Crippen molar-refractivity contribution in [3.8, 4) is 0 Å². The molecule has 0 fully saturated rings. The quantitative estimate of drug-likeness (QED) is 0.277. The fourth-order valence-electron chi connectivity index (χ4n) is 0. The molecule has 0 aromatic carbocycles. The van der Waals surface area contributed by atoms with E-state index in [1.807, 2.05) is 0 Å². The Balaban J connectivity index is 0. The SMILES string of the molecule is [F-].[Mg+2].[Na+].[O-2].[Si+4]. The van der Waals surface area contributed by atoms with Gasteiger partial charge in [-0.25, -0.2) is 0 Å². The van der Waals surface area contributed by atoms with Gasteiger partial charge in [-0.3, -0.25) is 0 Å². The van der Waals surface area contributed by atoms with E-state index in [1.165, 1.54) is 0 Å². The molecule has 0 atom stereocenters. The number of halogens is 1. The summed E-state index contributed by atoms with van der Waals surface area (Å²) in [5, 5.41) is 0. The second-order valence-corrected chi connectivity index (χ2v) is 0. The second-order valence-electron chi connectivity index (χ2n) is 0. The summed E-state index contributed by atoms with van der Waals surface area (Å²) >= 11 is 0. The molecule has 0 aromatic rings. The Morgan fingerprint density at radius 2 is 1.00 bits per heavy atom. The molecule has 0 saturated heterocycles. The fourth-order valence-corrected chi connectivity index (χ4v) is 0. The number of hydrogen-bond acceptors (Lipinski definition) is 0. The molecule has 0 aliphatic heterocycles. The maximum atomic E-state index is 0. The predicted molar refractivity (Wildman–Crippen MR) is 12.2 cm³/mol. The van der Waals surface area contributed by atoms with Crippen LogP contribution in [0.4, 0.5) is 0 Å². The van der Waals surface area contributed by atoms with Gasteiger partial charge in [-0.2, -0.15) is 0 Å². The summed E-state index contributed by atoms with van der Waals surface area (Å²) in [5.41, 5.74) is 0. The third-order valence-corrected chi connectivity index (χ3v) is 0. The van der Waals surface area contributed by atoms with Crippen LogP contribution in [0.15, 0.2) is 0 Å². The van der Waals surface area contributed by atoms with Crippen LogP contribution in [-0.4, -0.2) is 34.0 Å². The average molecular weight is 110 g/mol. The van der Waals surface area contributed by atoms with Crippen LogP contribution in [0.25, 0.3) is 0 Å². The maximum absolute atomic E-state index is 0. The molecule has 0 aromatic heterocycles. The smallest absolute Gasteiger partial charge is 2.00 e. The van der Waals surface area contributed by atoms with E-state index in [4.69, 9.17) is 0 Å². The first-order valence-corrected chi connectivity index (χ1v) is 0. The predicted octanol–water partition coefficient (Wildman–Crippen LogP) is -6.87. The molecule has 0 spiro atoms. The summed E-state index contributed by atoms with van der Waals surface area (Å²) in [6.45, 7) is 0. The summed E-state index contributed by atoms with van der Waals surface area (Å²) < 4.78 is 0. The summed E-state index contributed by atoms with van der Waals surface area (Å²) in [4.78, 5) is 0. The van der Waals surface area contributed by atoms with Gasteiger partial charge in [0.25, 0.3) is 0 Å². The van der Waals surface area contributed by atoms with E-state index in [0.29, 0.717) is 0 Å². The Morgan fingerprint density at radius 3 is 1.00 bits per heavy atom. The molecule has 0 heterocycles. The molecule has 1 nitrogen and oxygen atoms in total. The zero-order valence-electron chi connectivity index (χ0n) is 2.99. The monoisotopic (exact) mass is 110 g/mol. The van der Waals surface area contributed by atoms with Crippen LogP contribution < -0.4 is 34.3 Å². The van der Waals surface area contributed by atoms with Crippen molar-refractivity contribution in [2.24, 2.45) is 0 Å². The average Bonchev–Trinajstić information content (AvgIpc) is 0. The standard InChI is InChI=1S/FH.Mg.Na.O.Si/h1H;;;;/q;+2;+1;-2;+4/p-1. The van der Waals surface area contributed by atoms with Gasteiger partial charge in [0.2, 0.25) is 0 Å². The van der Waals surface area contributed by atoms with Crippen LogP contribution in [0.5, 0.6) is 0 Å². The molecule has 0 N–H and O–H groups in total. The van der Waals surface area contributed by atoms with Gasteiger partial charge >= 0.3 is 63.6 Å². The zero-order valence-corrected chi connectivity index (χ0v) is 7.41. The molecule has 0 radical (unpaired) electrons. The van der Waals surface area contributed by atoms with E-state index in [0.717, 1.165) is 0 Å². The number of hydrogen-bond donors (Lipinski definition) is 0. The molecule has 5 heavy (non-hydrogen) atoms. The summed E-state index contributed by atoms with van der Waals surface area (Å²) in [7, 11) is 0. The van der Waals surface area contributed by atoms with Gasteiger partial charge in [0.1, 0.15) is 0 Å². The van der Waals surface area contributed by atoms with Crippen LogP contribution in [0.2, 0.25) is 0 Å². The van der Waals surface area contributed by atoms with Crippen LogP contribution in [0.3, 0.4) is 0 Å². The van der Waals surface area contributed by atoms with Crippen molar-refractivity contribution in [3.05, 3.63) is 0 Å². The molecule has 0 unspecified atom stereocenters. The molecule has 16 valence electrons. The van der Waals surface area contributed by atoms with Gasteiger partial charge in [0.05, 0.1) is 0 Å². The van der Waals surface area contributed by atoms with E-state index in [1.54, 1.807) is 0 Å². The molecule has 0 bridgehead atoms. The first kappa shape index (κ1) is 67.6. The van der Waals surface area contributed by atoms with Crippen LogP contribution in [0, 0.1) is 0 Å². The Hall–Kier alpha value is 1.87. The van der Waals surface area contributed by atoms with Gasteiger partial charge in [-0.05, 0) is 0 Å². The molecular formula is FMgNaOSi+4. The first-order valence-electron chi connectivity index (χ1n) is 0. The van der Waals surface area contributed by atoms with E-state index >= 15 is 0 Å². The van der Waals surface area contributed by atoms with Crippen LogP contribution >= 0.6 is 0 Å². The van der Waals surface area contributed by atoms with Crippen molar-refractivity contribution in [1.29, 1.82) is 0 Å². The van der Waals surface area contributed by atoms with Crippen LogP contribution in [0.1, 0.15) is 0 Å². The zero-order chi connectivity index (χ0) is 0. The molecule has 0 aliphatic rings. The van der Waals surface area contributed by atoms with Crippen LogP contribution in [-0.2, 0) is 5.48 Å². The molecule has 0 aliphatic carbocycles. The third-order valence-electron chi connectivity index (χ3n) is 0. The third kappa shape index (κ3) is 25.1. The van der Waals surface area contributed by atoms with Crippen molar-refractivity contribution in [2.45, 2.75) is 0 Å². The van der Waals surface area contributed by atoms with Crippen molar-refractivity contribution in [1.82, 2.24) is 0 Å². The van der Waals surface area contributed by atoms with Crippen molar-refractivity contribution >= 4 is 34.0 Å². The summed E-state index contributed by atoms with van der Waals surface area (Å²) in [5.74, 6) is 0. The Bertz CT molecular complexity index is 11.6. The topological polar surface area (TPSA) is 28.5 Å². The van der Waals surface area contributed by atoms with Gasteiger partial charge in [0.15, 0.2) is 0 Å². The molecule has 5 heteroatoms. The largest absolute Gasteiger partial charge is 4.00 e. The molecule has 0 rings (SSSR count). The summed E-state index contributed by atoms with van der Waals surface area (Å²) in [6, 6.07) is 0. The van der Waals surface area contributed by atoms with Gasteiger partial charge in [0, 0.05) is 0 Å². The van der Waals surface area contributed by atoms with Crippen molar-refractivity contribution < 1.29 is 39.7 Å². The molecular weight excluding hydrogens is 110 g/mol. The normalized spacial score (nSPS) is 0. The fraction of sp³-hybridized carbons (Fsp3) is 0. The molecule has 0 amide bonds. The minimum Gasteiger partial charge on any atom is -2.00 e. The first-order chi connectivity index (χ1) is 0. The van der Waals surface area contributed by atoms with E-state index in [9.17, 15) is 0 Å². The van der Waals surface area contributed by atoms with Gasteiger partial charge in [-0.15, -0.1) is 0 Å². The Morgan fingerprint density at radius 1 is 1.00 bits per heavy atom. The Labute approximate surface area is 73.0 Å². The summed E-state index contributed by atoms with van der Waals surface area (Å²) in [6.07, 6.45) is 0. The van der Waals surface area contributed by atoms with E-state index < -0.39 is 0 Å². The molecule has 0 saturated carbocycles. The second kappa shape index (κ2) is 39.8. The van der Waals surface area contributed by atoms with Gasteiger partial charge in [-0.1, -0.05) is 0 Å². The minimum absolute atomic E-state index is 0. The minimum atomic E-state index is 0. The van der Waals surface area contributed by atoms with E-state index in [-0.39, 0.29) is 73.8 Å². The van der Waals surface area contributed by atoms with Crippen molar-refractivity contribution in [2.75, 3.05) is 0 Å². The Kier molecular flexibility index (Phi) is 537. The number of rotatable bonds is 0. The van der Waals surface area contributed by atoms with E-state index in [2.05, 4.69) is 0 Å². The maximum Gasteiger partial charge on any atom is 4.00 e.